The normalized spacial score (nSPS) is 16.2. The van der Waals surface area contributed by atoms with Gasteiger partial charge in [-0.1, -0.05) is 78.9 Å². The average molecular weight is 499 g/mol. The van der Waals surface area contributed by atoms with Gasteiger partial charge in [-0.3, -0.25) is 18.4 Å². The van der Waals surface area contributed by atoms with Gasteiger partial charge >= 0.3 is 0 Å². The molecule has 0 heterocycles. The Labute approximate surface area is 212 Å². The summed E-state index contributed by atoms with van der Waals surface area (Å²) in [5.41, 5.74) is 3.91. The fraction of sp³-hybridized carbons (Fsp3) is 0.172. The van der Waals surface area contributed by atoms with Gasteiger partial charge in [-0.2, -0.15) is 0 Å². The summed E-state index contributed by atoms with van der Waals surface area (Å²) in [6.45, 7) is 0. The van der Waals surface area contributed by atoms with E-state index in [9.17, 15) is 18.4 Å². The number of rotatable bonds is 8. The van der Waals surface area contributed by atoms with Crippen molar-refractivity contribution in [3.05, 3.63) is 113 Å². The first-order chi connectivity index (χ1) is 17.5. The first-order valence-electron chi connectivity index (χ1n) is 11.9. The maximum Gasteiger partial charge on any atom is 0.262 e. The Morgan fingerprint density at radius 2 is 1.75 bits per heavy atom. The Kier molecular flexibility index (Phi) is 6.93. The van der Waals surface area contributed by atoms with E-state index in [1.54, 1.807) is 12.1 Å². The van der Waals surface area contributed by atoms with Crippen molar-refractivity contribution >= 4 is 39.9 Å². The van der Waals surface area contributed by atoms with Crippen molar-refractivity contribution in [2.75, 3.05) is 4.31 Å². The topological polar surface area (TPSA) is 86.7 Å². The van der Waals surface area contributed by atoms with E-state index in [0.717, 1.165) is 40.2 Å². The molecule has 182 valence electrons. The molecule has 0 radical (unpaired) electrons. The summed E-state index contributed by atoms with van der Waals surface area (Å²) in [5, 5.41) is 5.06. The fourth-order valence-corrected chi connectivity index (χ4v) is 5.78. The van der Waals surface area contributed by atoms with Crippen LogP contribution in [0, 0.1) is 0 Å². The maximum absolute atomic E-state index is 13.3. The average Bonchev–Trinajstić information content (AvgIpc) is 3.31. The molecule has 1 amide bonds. The molecule has 0 saturated heterocycles. The molecule has 0 aliphatic heterocycles. The molecule has 6 nitrogen and oxygen atoms in total. The van der Waals surface area contributed by atoms with Gasteiger partial charge in [-0.25, -0.2) is 4.21 Å². The van der Waals surface area contributed by atoms with Crippen molar-refractivity contribution in [2.24, 2.45) is 0 Å². The van der Waals surface area contributed by atoms with Crippen molar-refractivity contribution in [1.29, 1.82) is 0 Å². The molecule has 7 heteroatoms. The third kappa shape index (κ3) is 4.80. The first-order valence-corrected chi connectivity index (χ1v) is 12.9. The molecule has 36 heavy (non-hydrogen) atoms. The smallest absolute Gasteiger partial charge is 0.262 e. The lowest BCUT2D eigenvalue weighted by atomic mass is 10.0. The molecule has 0 spiro atoms. The van der Waals surface area contributed by atoms with Gasteiger partial charge in [0, 0.05) is 5.56 Å². The SMILES string of the molecule is O=Cc1cccc2c1CCC2NC(=O)CC(c1ccccc1)N(c1ccc2ccccc2c1)S(=O)O. The van der Waals surface area contributed by atoms with Gasteiger partial charge < -0.3 is 5.32 Å². The minimum Gasteiger partial charge on any atom is -0.349 e. The van der Waals surface area contributed by atoms with E-state index in [1.165, 1.54) is 4.31 Å². The summed E-state index contributed by atoms with van der Waals surface area (Å²) in [6.07, 6.45) is 2.28. The number of hydrogen-bond donors (Lipinski definition) is 2. The van der Waals surface area contributed by atoms with E-state index in [-0.39, 0.29) is 18.4 Å². The number of aldehydes is 1. The Balaban J connectivity index is 1.45. The number of anilines is 1. The Hall–Kier alpha value is -3.81. The van der Waals surface area contributed by atoms with Crippen LogP contribution in [0.25, 0.3) is 10.8 Å². The number of benzene rings is 4. The van der Waals surface area contributed by atoms with Gasteiger partial charge in [0.15, 0.2) is 0 Å². The largest absolute Gasteiger partial charge is 0.349 e. The van der Waals surface area contributed by atoms with Crippen molar-refractivity contribution in [1.82, 2.24) is 5.32 Å². The molecule has 0 aromatic heterocycles. The number of carbonyl (C=O) groups is 2. The number of amides is 1. The highest BCUT2D eigenvalue weighted by atomic mass is 32.2. The highest BCUT2D eigenvalue weighted by molar-refractivity contribution is 7.80. The summed E-state index contributed by atoms with van der Waals surface area (Å²) in [6, 6.07) is 27.4. The van der Waals surface area contributed by atoms with E-state index < -0.39 is 17.3 Å². The molecule has 0 fully saturated rings. The molecule has 3 unspecified atom stereocenters. The zero-order chi connectivity index (χ0) is 25.1. The lowest BCUT2D eigenvalue weighted by Crippen LogP contribution is -2.36. The van der Waals surface area contributed by atoms with Gasteiger partial charge in [0.1, 0.15) is 6.29 Å². The monoisotopic (exact) mass is 498 g/mol. The maximum atomic E-state index is 13.3. The number of nitrogens with zero attached hydrogens (tertiary/aromatic N) is 1. The lowest BCUT2D eigenvalue weighted by Gasteiger charge is -2.30. The van der Waals surface area contributed by atoms with E-state index in [2.05, 4.69) is 5.32 Å². The van der Waals surface area contributed by atoms with E-state index in [1.807, 2.05) is 78.9 Å². The number of carbonyl (C=O) groups excluding carboxylic acids is 2. The minimum atomic E-state index is -2.37. The van der Waals surface area contributed by atoms with Crippen molar-refractivity contribution < 1.29 is 18.4 Å². The molecule has 1 aliphatic carbocycles. The summed E-state index contributed by atoms with van der Waals surface area (Å²) < 4.78 is 24.5. The third-order valence-electron chi connectivity index (χ3n) is 6.77. The van der Waals surface area contributed by atoms with Crippen LogP contribution in [-0.2, 0) is 22.5 Å². The Morgan fingerprint density at radius 3 is 2.50 bits per heavy atom. The second-order valence-electron chi connectivity index (χ2n) is 8.91. The van der Waals surface area contributed by atoms with Crippen LogP contribution >= 0.6 is 0 Å². The third-order valence-corrected chi connectivity index (χ3v) is 7.57. The number of fused-ring (bicyclic) bond motifs is 2. The van der Waals surface area contributed by atoms with E-state index >= 15 is 0 Å². The Bertz CT molecular complexity index is 1440. The van der Waals surface area contributed by atoms with Crippen molar-refractivity contribution in [2.45, 2.75) is 31.3 Å². The zero-order valence-corrected chi connectivity index (χ0v) is 20.4. The molecule has 0 bridgehead atoms. The molecule has 0 saturated carbocycles. The van der Waals surface area contributed by atoms with Gasteiger partial charge in [-0.15, -0.1) is 0 Å². The second-order valence-corrected chi connectivity index (χ2v) is 9.77. The Morgan fingerprint density at radius 1 is 1.00 bits per heavy atom. The van der Waals surface area contributed by atoms with Gasteiger partial charge in [0.25, 0.3) is 11.3 Å². The standard InChI is InChI=1S/C29H26N2O4S/c32-19-23-11-6-12-26-25(23)15-16-27(26)30-29(33)18-28(21-8-2-1-3-9-21)31(36(34)35)24-14-13-20-7-4-5-10-22(20)17-24/h1-14,17,19,27-28H,15-16,18H2,(H,30,33)(H,34,35). The molecule has 4 aromatic carbocycles. The first kappa shape index (κ1) is 23.9. The van der Waals surface area contributed by atoms with Gasteiger partial charge in [-0.05, 0) is 52.4 Å². The zero-order valence-electron chi connectivity index (χ0n) is 19.5. The molecule has 5 rings (SSSR count). The van der Waals surface area contributed by atoms with Gasteiger partial charge in [0.2, 0.25) is 5.91 Å². The van der Waals surface area contributed by atoms with Crippen LogP contribution in [0.5, 0.6) is 0 Å². The van der Waals surface area contributed by atoms with Crippen LogP contribution in [0.3, 0.4) is 0 Å². The van der Waals surface area contributed by atoms with Crippen LogP contribution in [0.1, 0.15) is 52.0 Å². The molecule has 2 N–H and O–H groups in total. The molecule has 4 aromatic rings. The van der Waals surface area contributed by atoms with Crippen LogP contribution in [-0.4, -0.2) is 21.0 Å². The number of nitrogens with one attached hydrogen (secondary N) is 1. The molecule has 3 atom stereocenters. The quantitative estimate of drug-likeness (QED) is 0.247. The predicted octanol–water partition coefficient (Wildman–Crippen LogP) is 5.53. The van der Waals surface area contributed by atoms with E-state index in [4.69, 9.17) is 0 Å². The second kappa shape index (κ2) is 10.4. The minimum absolute atomic E-state index is 0.0116. The lowest BCUT2D eigenvalue weighted by molar-refractivity contribution is -0.122. The summed E-state index contributed by atoms with van der Waals surface area (Å²) in [7, 11) is 0. The fourth-order valence-electron chi connectivity index (χ4n) is 5.08. The van der Waals surface area contributed by atoms with Crippen LogP contribution < -0.4 is 9.62 Å². The van der Waals surface area contributed by atoms with Crippen LogP contribution in [0.15, 0.2) is 91.0 Å². The molecular weight excluding hydrogens is 472 g/mol. The van der Waals surface area contributed by atoms with E-state index in [0.29, 0.717) is 17.7 Å². The predicted molar refractivity (Wildman–Crippen MR) is 142 cm³/mol. The summed E-state index contributed by atoms with van der Waals surface area (Å²) in [5.74, 6) is -0.227. The molecular formula is C29H26N2O4S. The number of hydrogen-bond acceptors (Lipinski definition) is 3. The highest BCUT2D eigenvalue weighted by Crippen LogP contribution is 2.35. The summed E-state index contributed by atoms with van der Waals surface area (Å²) in [4.78, 5) is 24.7. The molecule has 1 aliphatic rings. The van der Waals surface area contributed by atoms with Crippen molar-refractivity contribution in [3.63, 3.8) is 0 Å². The van der Waals surface area contributed by atoms with Crippen LogP contribution in [0.4, 0.5) is 5.69 Å². The highest BCUT2D eigenvalue weighted by Gasteiger charge is 2.31. The van der Waals surface area contributed by atoms with Gasteiger partial charge in [0.05, 0.1) is 24.2 Å². The van der Waals surface area contributed by atoms with Crippen molar-refractivity contribution in [3.8, 4) is 0 Å². The van der Waals surface area contributed by atoms with Crippen LogP contribution in [0.2, 0.25) is 0 Å². The summed E-state index contributed by atoms with van der Waals surface area (Å²) >= 11 is -2.37.